The van der Waals surface area contributed by atoms with Crippen molar-refractivity contribution in [1.82, 2.24) is 15.2 Å². The number of rotatable bonds is 4. The maximum Gasteiger partial charge on any atom is 0.416 e. The molecule has 2 heterocycles. The lowest BCUT2D eigenvalue weighted by Crippen LogP contribution is -2.30. The van der Waals surface area contributed by atoms with Crippen LogP contribution in [0, 0.1) is 6.92 Å². The minimum atomic E-state index is -4.39. The van der Waals surface area contributed by atoms with E-state index >= 15 is 0 Å². The molecule has 3 aromatic rings. The quantitative estimate of drug-likeness (QED) is 0.642. The SMILES string of the molecule is CCN(C(=O)c1scnc1C)c1nnc(-c2ccc(C(F)(F)F)cc2)s1. The van der Waals surface area contributed by atoms with E-state index in [9.17, 15) is 18.0 Å². The van der Waals surface area contributed by atoms with Crippen molar-refractivity contribution in [3.63, 3.8) is 0 Å². The molecule has 0 atom stereocenters. The van der Waals surface area contributed by atoms with Gasteiger partial charge in [0.25, 0.3) is 5.91 Å². The molecule has 0 aliphatic carbocycles. The molecule has 1 aromatic carbocycles. The molecule has 0 spiro atoms. The molecule has 0 fully saturated rings. The minimum absolute atomic E-state index is 0.220. The van der Waals surface area contributed by atoms with Gasteiger partial charge in [-0.25, -0.2) is 4.98 Å². The average Bonchev–Trinajstić information content (AvgIpc) is 3.24. The largest absolute Gasteiger partial charge is 0.416 e. The number of aromatic nitrogens is 3. The second-order valence-electron chi connectivity index (χ2n) is 5.28. The molecule has 26 heavy (non-hydrogen) atoms. The lowest BCUT2D eigenvalue weighted by molar-refractivity contribution is -0.137. The van der Waals surface area contributed by atoms with Crippen LogP contribution in [0.4, 0.5) is 18.3 Å². The number of alkyl halides is 3. The monoisotopic (exact) mass is 398 g/mol. The Morgan fingerprint density at radius 2 is 1.88 bits per heavy atom. The molecule has 5 nitrogen and oxygen atoms in total. The summed E-state index contributed by atoms with van der Waals surface area (Å²) < 4.78 is 38.0. The van der Waals surface area contributed by atoms with E-state index in [-0.39, 0.29) is 5.91 Å². The van der Waals surface area contributed by atoms with Crippen molar-refractivity contribution in [3.05, 3.63) is 45.9 Å². The van der Waals surface area contributed by atoms with Gasteiger partial charge in [0.15, 0.2) is 0 Å². The molecule has 0 saturated heterocycles. The number of thiazole rings is 1. The summed E-state index contributed by atoms with van der Waals surface area (Å²) in [5.74, 6) is -0.220. The molecule has 0 radical (unpaired) electrons. The van der Waals surface area contributed by atoms with Crippen LogP contribution in [-0.2, 0) is 6.18 Å². The van der Waals surface area contributed by atoms with Crippen molar-refractivity contribution in [2.45, 2.75) is 20.0 Å². The molecule has 0 saturated carbocycles. The van der Waals surface area contributed by atoms with Gasteiger partial charge in [-0.05, 0) is 26.0 Å². The number of halogens is 3. The first kappa shape index (κ1) is 18.5. The lowest BCUT2D eigenvalue weighted by atomic mass is 10.1. The Bertz CT molecular complexity index is 918. The van der Waals surface area contributed by atoms with Crippen LogP contribution in [0.5, 0.6) is 0 Å². The Hall–Kier alpha value is -2.33. The standard InChI is InChI=1S/C16H13F3N4OS2/c1-3-23(14(24)12-9(2)20-8-25-12)15-22-21-13(26-15)10-4-6-11(7-5-10)16(17,18)19/h4-8H,3H2,1-2H3. The zero-order chi connectivity index (χ0) is 18.9. The summed E-state index contributed by atoms with van der Waals surface area (Å²) >= 11 is 2.40. The Kier molecular flexibility index (Phi) is 5.05. The molecule has 0 unspecified atom stereocenters. The van der Waals surface area contributed by atoms with Gasteiger partial charge < -0.3 is 0 Å². The highest BCUT2D eigenvalue weighted by molar-refractivity contribution is 7.18. The van der Waals surface area contributed by atoms with Crippen LogP contribution >= 0.6 is 22.7 Å². The van der Waals surface area contributed by atoms with E-state index in [0.717, 1.165) is 23.5 Å². The fourth-order valence-corrected chi connectivity index (χ4v) is 3.90. The molecule has 2 aromatic heterocycles. The fraction of sp³-hybridized carbons (Fsp3) is 0.250. The highest BCUT2D eigenvalue weighted by Gasteiger charge is 2.30. The van der Waals surface area contributed by atoms with Gasteiger partial charge in [-0.2, -0.15) is 13.2 Å². The van der Waals surface area contributed by atoms with Gasteiger partial charge in [0, 0.05) is 12.1 Å². The van der Waals surface area contributed by atoms with Crippen molar-refractivity contribution in [2.75, 3.05) is 11.4 Å². The average molecular weight is 398 g/mol. The number of nitrogens with zero attached hydrogens (tertiary/aromatic N) is 4. The Labute approximate surface area is 155 Å². The molecule has 0 aliphatic rings. The first-order chi connectivity index (χ1) is 12.3. The van der Waals surface area contributed by atoms with Crippen molar-refractivity contribution < 1.29 is 18.0 Å². The second kappa shape index (κ2) is 7.12. The smallest absolute Gasteiger partial charge is 0.282 e. The number of benzene rings is 1. The van der Waals surface area contributed by atoms with Crippen LogP contribution < -0.4 is 4.90 Å². The van der Waals surface area contributed by atoms with Gasteiger partial charge in [-0.3, -0.25) is 9.69 Å². The first-order valence-electron chi connectivity index (χ1n) is 7.54. The molecular formula is C16H13F3N4OS2. The van der Waals surface area contributed by atoms with E-state index in [1.54, 1.807) is 12.4 Å². The van der Waals surface area contributed by atoms with Crippen molar-refractivity contribution in [3.8, 4) is 10.6 Å². The predicted molar refractivity (Wildman–Crippen MR) is 94.5 cm³/mol. The van der Waals surface area contributed by atoms with Gasteiger partial charge in [0.05, 0.1) is 16.8 Å². The zero-order valence-corrected chi connectivity index (χ0v) is 15.4. The Morgan fingerprint density at radius 3 is 2.42 bits per heavy atom. The predicted octanol–water partition coefficient (Wildman–Crippen LogP) is 4.66. The Balaban J connectivity index is 1.86. The molecule has 136 valence electrons. The summed E-state index contributed by atoms with van der Waals surface area (Å²) in [6, 6.07) is 4.69. The van der Waals surface area contributed by atoms with Crippen LogP contribution in [0.25, 0.3) is 10.6 Å². The zero-order valence-electron chi connectivity index (χ0n) is 13.7. The number of aryl methyl sites for hydroxylation is 1. The molecule has 0 bridgehead atoms. The molecule has 1 amide bonds. The highest BCUT2D eigenvalue weighted by atomic mass is 32.1. The molecule has 3 rings (SSSR count). The number of anilines is 1. The van der Waals surface area contributed by atoms with Crippen molar-refractivity contribution >= 4 is 33.7 Å². The molecular weight excluding hydrogens is 385 g/mol. The van der Waals surface area contributed by atoms with Gasteiger partial charge in [-0.1, -0.05) is 23.5 Å². The van der Waals surface area contributed by atoms with E-state index in [2.05, 4.69) is 15.2 Å². The summed E-state index contributed by atoms with van der Waals surface area (Å²) in [7, 11) is 0. The topological polar surface area (TPSA) is 59.0 Å². The van der Waals surface area contributed by atoms with E-state index in [1.807, 2.05) is 6.92 Å². The van der Waals surface area contributed by atoms with Gasteiger partial charge in [0.2, 0.25) is 5.13 Å². The third-order valence-electron chi connectivity index (χ3n) is 3.61. The van der Waals surface area contributed by atoms with E-state index < -0.39 is 11.7 Å². The number of hydrogen-bond donors (Lipinski definition) is 0. The van der Waals surface area contributed by atoms with E-state index in [0.29, 0.717) is 32.8 Å². The van der Waals surface area contributed by atoms with Crippen molar-refractivity contribution in [1.29, 1.82) is 0 Å². The normalized spacial score (nSPS) is 11.6. The number of hydrogen-bond acceptors (Lipinski definition) is 6. The van der Waals surface area contributed by atoms with Crippen LogP contribution in [0.15, 0.2) is 29.8 Å². The summed E-state index contributed by atoms with van der Waals surface area (Å²) in [5, 5.41) is 8.88. The third-order valence-corrected chi connectivity index (χ3v) is 5.52. The van der Waals surface area contributed by atoms with E-state index in [1.165, 1.54) is 28.4 Å². The number of carbonyl (C=O) groups excluding carboxylic acids is 1. The van der Waals surface area contributed by atoms with Crippen LogP contribution in [-0.4, -0.2) is 27.6 Å². The summed E-state index contributed by atoms with van der Waals surface area (Å²) in [6.07, 6.45) is -4.39. The Morgan fingerprint density at radius 1 is 1.19 bits per heavy atom. The van der Waals surface area contributed by atoms with Gasteiger partial charge in [0.1, 0.15) is 9.88 Å². The number of amides is 1. The summed E-state index contributed by atoms with van der Waals surface area (Å²) in [5.41, 5.74) is 2.03. The minimum Gasteiger partial charge on any atom is -0.282 e. The fourth-order valence-electron chi connectivity index (χ4n) is 2.24. The maximum absolute atomic E-state index is 12.7. The van der Waals surface area contributed by atoms with Crippen LogP contribution in [0.2, 0.25) is 0 Å². The first-order valence-corrected chi connectivity index (χ1v) is 9.24. The second-order valence-corrected chi connectivity index (χ2v) is 7.09. The third kappa shape index (κ3) is 3.61. The molecule has 0 N–H and O–H groups in total. The summed E-state index contributed by atoms with van der Waals surface area (Å²) in [6.45, 7) is 3.95. The molecule has 0 aliphatic heterocycles. The van der Waals surface area contributed by atoms with Crippen LogP contribution in [0.1, 0.15) is 27.9 Å². The van der Waals surface area contributed by atoms with Gasteiger partial charge >= 0.3 is 6.18 Å². The summed E-state index contributed by atoms with van der Waals surface area (Å²) in [4.78, 5) is 18.7. The lowest BCUT2D eigenvalue weighted by Gasteiger charge is -2.16. The molecule has 10 heteroatoms. The maximum atomic E-state index is 12.7. The van der Waals surface area contributed by atoms with E-state index in [4.69, 9.17) is 0 Å². The number of carbonyl (C=O) groups is 1. The van der Waals surface area contributed by atoms with Crippen LogP contribution in [0.3, 0.4) is 0 Å². The van der Waals surface area contributed by atoms with Crippen molar-refractivity contribution in [2.24, 2.45) is 0 Å². The highest BCUT2D eigenvalue weighted by Crippen LogP contribution is 2.33. The van der Waals surface area contributed by atoms with Gasteiger partial charge in [-0.15, -0.1) is 21.5 Å².